The molecule has 1 aliphatic rings. The van der Waals surface area contributed by atoms with Crippen molar-refractivity contribution in [3.63, 3.8) is 0 Å². The fourth-order valence-electron chi connectivity index (χ4n) is 2.78. The van der Waals surface area contributed by atoms with Crippen molar-refractivity contribution < 1.29 is 18.0 Å². The molecule has 0 saturated carbocycles. The Morgan fingerprint density at radius 3 is 2.75 bits per heavy atom. The summed E-state index contributed by atoms with van der Waals surface area (Å²) in [6, 6.07) is 9.69. The van der Waals surface area contributed by atoms with Crippen molar-refractivity contribution in [3.8, 4) is 0 Å². The van der Waals surface area contributed by atoms with E-state index in [9.17, 15) is 18.0 Å². The SMILES string of the molecule is Cc1cc(Cl)ccc1NC(=O)C(C)CS(=O)(=O)c1ccc2c(c1)NC(=O)CS2. The van der Waals surface area contributed by atoms with E-state index in [2.05, 4.69) is 10.6 Å². The van der Waals surface area contributed by atoms with Crippen LogP contribution in [0, 0.1) is 12.8 Å². The minimum atomic E-state index is -3.71. The van der Waals surface area contributed by atoms with Crippen molar-refractivity contribution in [3.05, 3.63) is 47.0 Å². The molecule has 3 rings (SSSR count). The van der Waals surface area contributed by atoms with Crippen LogP contribution in [0.2, 0.25) is 5.02 Å². The van der Waals surface area contributed by atoms with Gasteiger partial charge in [0, 0.05) is 21.5 Å². The number of hydrogen-bond donors (Lipinski definition) is 2. The molecule has 2 N–H and O–H groups in total. The number of fused-ring (bicyclic) bond motifs is 1. The number of rotatable bonds is 5. The zero-order chi connectivity index (χ0) is 20.5. The van der Waals surface area contributed by atoms with Crippen molar-refractivity contribution in [2.75, 3.05) is 22.1 Å². The molecule has 0 radical (unpaired) electrons. The normalized spacial score (nSPS) is 14.8. The molecule has 2 amide bonds. The summed E-state index contributed by atoms with van der Waals surface area (Å²) in [4.78, 5) is 24.9. The number of thioether (sulfide) groups is 1. The molecule has 0 spiro atoms. The van der Waals surface area contributed by atoms with Crippen LogP contribution in [0.1, 0.15) is 12.5 Å². The molecule has 0 fully saturated rings. The lowest BCUT2D eigenvalue weighted by molar-refractivity contribution is -0.118. The minimum absolute atomic E-state index is 0.0800. The van der Waals surface area contributed by atoms with Gasteiger partial charge >= 0.3 is 0 Å². The summed E-state index contributed by atoms with van der Waals surface area (Å²) in [6.45, 7) is 3.37. The molecule has 28 heavy (non-hydrogen) atoms. The molecular formula is C19H19ClN2O4S2. The predicted molar refractivity (Wildman–Crippen MR) is 112 cm³/mol. The van der Waals surface area contributed by atoms with Gasteiger partial charge in [0.2, 0.25) is 11.8 Å². The zero-order valence-electron chi connectivity index (χ0n) is 15.3. The van der Waals surface area contributed by atoms with Gasteiger partial charge in [-0.1, -0.05) is 18.5 Å². The second-order valence-corrected chi connectivity index (χ2v) is 10.1. The Morgan fingerprint density at radius 2 is 2.04 bits per heavy atom. The van der Waals surface area contributed by atoms with E-state index < -0.39 is 21.7 Å². The Balaban J connectivity index is 1.73. The second kappa shape index (κ2) is 8.14. The van der Waals surface area contributed by atoms with E-state index in [1.54, 1.807) is 31.2 Å². The molecule has 0 aliphatic carbocycles. The van der Waals surface area contributed by atoms with Crippen LogP contribution in [0.5, 0.6) is 0 Å². The third-order valence-corrected chi connectivity index (χ3v) is 7.53. The highest BCUT2D eigenvalue weighted by Crippen LogP contribution is 2.33. The molecule has 9 heteroatoms. The van der Waals surface area contributed by atoms with Crippen LogP contribution < -0.4 is 10.6 Å². The molecule has 6 nitrogen and oxygen atoms in total. The number of halogens is 1. The van der Waals surface area contributed by atoms with Gasteiger partial charge in [0.05, 0.1) is 22.1 Å². The maximum atomic E-state index is 12.8. The average Bonchev–Trinajstić information content (AvgIpc) is 2.62. The zero-order valence-corrected chi connectivity index (χ0v) is 17.7. The molecule has 0 saturated heterocycles. The monoisotopic (exact) mass is 438 g/mol. The largest absolute Gasteiger partial charge is 0.326 e. The summed E-state index contributed by atoms with van der Waals surface area (Å²) in [7, 11) is -3.71. The van der Waals surface area contributed by atoms with Gasteiger partial charge in [-0.2, -0.15) is 0 Å². The fourth-order valence-corrected chi connectivity index (χ4v) is 5.37. The second-order valence-electron chi connectivity index (χ2n) is 6.63. The average molecular weight is 439 g/mol. The maximum Gasteiger partial charge on any atom is 0.234 e. The fraction of sp³-hybridized carbons (Fsp3) is 0.263. The topological polar surface area (TPSA) is 92.3 Å². The molecule has 0 aromatic heterocycles. The summed E-state index contributed by atoms with van der Waals surface area (Å²) in [6.07, 6.45) is 0. The number of sulfone groups is 1. The molecule has 2 aromatic rings. The van der Waals surface area contributed by atoms with Gasteiger partial charge < -0.3 is 10.6 Å². The Hall–Kier alpha value is -2.03. The standard InChI is InChI=1S/C19H19ClN2O4S2/c1-11-7-13(20)3-5-15(11)22-19(24)12(2)10-28(25,26)14-4-6-17-16(8-14)21-18(23)9-27-17/h3-8,12H,9-10H2,1-2H3,(H,21,23)(H,22,24). The number of benzene rings is 2. The van der Waals surface area contributed by atoms with Crippen LogP contribution in [0.4, 0.5) is 11.4 Å². The highest BCUT2D eigenvalue weighted by molar-refractivity contribution is 8.00. The lowest BCUT2D eigenvalue weighted by Gasteiger charge is -2.18. The van der Waals surface area contributed by atoms with Gasteiger partial charge in [-0.3, -0.25) is 9.59 Å². The number of anilines is 2. The Bertz CT molecular complexity index is 1050. The molecule has 0 bridgehead atoms. The van der Waals surface area contributed by atoms with Crippen LogP contribution in [0.15, 0.2) is 46.2 Å². The smallest absolute Gasteiger partial charge is 0.234 e. The Morgan fingerprint density at radius 1 is 1.29 bits per heavy atom. The molecule has 148 valence electrons. The van der Waals surface area contributed by atoms with Gasteiger partial charge in [-0.25, -0.2) is 8.42 Å². The van der Waals surface area contributed by atoms with Gasteiger partial charge in [0.1, 0.15) is 0 Å². The van der Waals surface area contributed by atoms with E-state index in [1.807, 2.05) is 6.92 Å². The van der Waals surface area contributed by atoms with E-state index >= 15 is 0 Å². The van der Waals surface area contributed by atoms with Gasteiger partial charge in [-0.15, -0.1) is 11.8 Å². The minimum Gasteiger partial charge on any atom is -0.326 e. The summed E-state index contributed by atoms with van der Waals surface area (Å²) in [5, 5.41) is 5.98. The van der Waals surface area contributed by atoms with Gasteiger partial charge in [0.15, 0.2) is 9.84 Å². The first-order valence-electron chi connectivity index (χ1n) is 8.52. The highest BCUT2D eigenvalue weighted by Gasteiger charge is 2.25. The molecular weight excluding hydrogens is 420 g/mol. The van der Waals surface area contributed by atoms with Crippen molar-refractivity contribution in [1.82, 2.24) is 0 Å². The van der Waals surface area contributed by atoms with Crippen molar-refractivity contribution >= 4 is 56.4 Å². The lowest BCUT2D eigenvalue weighted by atomic mass is 10.1. The highest BCUT2D eigenvalue weighted by atomic mass is 35.5. The van der Waals surface area contributed by atoms with Gasteiger partial charge in [-0.05, 0) is 48.9 Å². The first-order valence-corrected chi connectivity index (χ1v) is 11.5. The Kier molecular flexibility index (Phi) is 6.02. The van der Waals surface area contributed by atoms with Crippen LogP contribution in [-0.4, -0.2) is 31.7 Å². The third-order valence-electron chi connectivity index (χ3n) is 4.31. The maximum absolute atomic E-state index is 12.8. The molecule has 1 aliphatic heterocycles. The summed E-state index contributed by atoms with van der Waals surface area (Å²) in [5.41, 5.74) is 1.86. The predicted octanol–water partition coefficient (Wildman–Crippen LogP) is 3.74. The van der Waals surface area contributed by atoms with E-state index in [0.29, 0.717) is 22.2 Å². The van der Waals surface area contributed by atoms with E-state index in [0.717, 1.165) is 10.5 Å². The van der Waals surface area contributed by atoms with E-state index in [1.165, 1.54) is 23.9 Å². The van der Waals surface area contributed by atoms with E-state index in [4.69, 9.17) is 11.6 Å². The Labute approximate surface area is 173 Å². The number of amides is 2. The van der Waals surface area contributed by atoms with Crippen LogP contribution >= 0.6 is 23.4 Å². The molecule has 1 unspecified atom stereocenters. The van der Waals surface area contributed by atoms with E-state index in [-0.39, 0.29) is 16.6 Å². The number of carbonyl (C=O) groups excluding carboxylic acids is 2. The third kappa shape index (κ3) is 4.68. The number of aryl methyl sites for hydroxylation is 1. The number of nitrogens with one attached hydrogen (secondary N) is 2. The van der Waals surface area contributed by atoms with Crippen LogP contribution in [0.25, 0.3) is 0 Å². The molecule has 2 aromatic carbocycles. The number of carbonyl (C=O) groups is 2. The quantitative estimate of drug-likeness (QED) is 0.741. The molecule has 1 heterocycles. The van der Waals surface area contributed by atoms with Crippen LogP contribution in [0.3, 0.4) is 0 Å². The first kappa shape index (κ1) is 20.7. The first-order chi connectivity index (χ1) is 13.2. The number of hydrogen-bond acceptors (Lipinski definition) is 5. The summed E-state index contributed by atoms with van der Waals surface area (Å²) < 4.78 is 25.5. The van der Waals surface area contributed by atoms with Gasteiger partial charge in [0.25, 0.3) is 0 Å². The van der Waals surface area contributed by atoms with Crippen molar-refractivity contribution in [2.45, 2.75) is 23.6 Å². The van der Waals surface area contributed by atoms with Crippen molar-refractivity contribution in [2.24, 2.45) is 5.92 Å². The molecule has 1 atom stereocenters. The summed E-state index contributed by atoms with van der Waals surface area (Å²) in [5.74, 6) is -1.36. The van der Waals surface area contributed by atoms with Crippen LogP contribution in [-0.2, 0) is 19.4 Å². The van der Waals surface area contributed by atoms with Crippen molar-refractivity contribution in [1.29, 1.82) is 0 Å². The summed E-state index contributed by atoms with van der Waals surface area (Å²) >= 11 is 7.27. The lowest BCUT2D eigenvalue weighted by Crippen LogP contribution is -2.27.